The van der Waals surface area contributed by atoms with Gasteiger partial charge in [-0.3, -0.25) is 4.79 Å². The topological polar surface area (TPSA) is 72.6 Å². The molecular formula is C13H18BrNO3. The van der Waals surface area contributed by atoms with Gasteiger partial charge in [0.15, 0.2) is 5.78 Å². The van der Waals surface area contributed by atoms with E-state index in [4.69, 9.17) is 10.5 Å². The third-order valence-corrected chi connectivity index (χ3v) is 3.06. The lowest BCUT2D eigenvalue weighted by molar-refractivity contribution is 0.0999. The Morgan fingerprint density at radius 3 is 2.72 bits per heavy atom. The van der Waals surface area contributed by atoms with Crippen LogP contribution in [0.1, 0.15) is 29.6 Å². The highest BCUT2D eigenvalue weighted by Gasteiger charge is 2.10. The van der Waals surface area contributed by atoms with Crippen LogP contribution in [-0.2, 0) is 0 Å². The van der Waals surface area contributed by atoms with Crippen molar-refractivity contribution in [1.29, 1.82) is 0 Å². The van der Waals surface area contributed by atoms with Crippen molar-refractivity contribution in [3.63, 3.8) is 0 Å². The first-order chi connectivity index (χ1) is 8.69. The van der Waals surface area contributed by atoms with Gasteiger partial charge in [0.2, 0.25) is 0 Å². The zero-order valence-corrected chi connectivity index (χ0v) is 11.8. The minimum atomic E-state index is -0.281. The quantitative estimate of drug-likeness (QED) is 0.439. The summed E-state index contributed by atoms with van der Waals surface area (Å²) in [6.45, 7) is 0.497. The smallest absolute Gasteiger partial charge is 0.180 e. The van der Waals surface area contributed by atoms with Gasteiger partial charge in [-0.25, -0.2) is 0 Å². The third-order valence-electron chi connectivity index (χ3n) is 2.50. The van der Waals surface area contributed by atoms with Crippen LogP contribution in [0.2, 0.25) is 0 Å². The number of phenolic OH excluding ortho intramolecular Hbond substituents is 1. The molecule has 1 rings (SSSR count). The Balaban J connectivity index is 2.49. The van der Waals surface area contributed by atoms with Crippen LogP contribution in [0.5, 0.6) is 11.5 Å². The van der Waals surface area contributed by atoms with Crippen molar-refractivity contribution in [2.24, 2.45) is 5.73 Å². The minimum Gasteiger partial charge on any atom is -0.507 e. The highest BCUT2D eigenvalue weighted by atomic mass is 79.9. The molecule has 18 heavy (non-hydrogen) atoms. The molecule has 0 fully saturated rings. The molecule has 1 aromatic rings. The lowest BCUT2D eigenvalue weighted by Gasteiger charge is -2.08. The van der Waals surface area contributed by atoms with Crippen molar-refractivity contribution in [2.75, 3.05) is 18.5 Å². The average molecular weight is 316 g/mol. The molecular weight excluding hydrogens is 298 g/mol. The normalized spacial score (nSPS) is 10.3. The maximum absolute atomic E-state index is 11.3. The molecule has 0 unspecified atom stereocenters. The van der Waals surface area contributed by atoms with Crippen LogP contribution in [0.15, 0.2) is 18.2 Å². The highest BCUT2D eigenvalue weighted by Crippen LogP contribution is 2.24. The van der Waals surface area contributed by atoms with Gasteiger partial charge in [-0.05, 0) is 31.4 Å². The van der Waals surface area contributed by atoms with Gasteiger partial charge >= 0.3 is 0 Å². The molecule has 0 bridgehead atoms. The summed E-state index contributed by atoms with van der Waals surface area (Å²) in [6, 6.07) is 4.67. The number of unbranched alkanes of at least 4 members (excludes halogenated alkanes) is 2. The number of ether oxygens (including phenoxy) is 1. The summed E-state index contributed by atoms with van der Waals surface area (Å²) >= 11 is 3.37. The molecule has 0 amide bonds. The second-order valence-corrected chi connectivity index (χ2v) is 4.70. The van der Waals surface area contributed by atoms with E-state index in [1.165, 1.54) is 6.07 Å². The number of halogens is 1. The first kappa shape index (κ1) is 15.0. The number of benzene rings is 1. The Labute approximate surface area is 115 Å². The first-order valence-electron chi connectivity index (χ1n) is 5.94. The number of carbonyl (C=O) groups excluding carboxylic acids is 1. The van der Waals surface area contributed by atoms with E-state index in [-0.39, 0.29) is 23.6 Å². The molecule has 0 atom stereocenters. The largest absolute Gasteiger partial charge is 0.507 e. The van der Waals surface area contributed by atoms with Crippen molar-refractivity contribution >= 4 is 21.7 Å². The number of carbonyl (C=O) groups is 1. The summed E-state index contributed by atoms with van der Waals surface area (Å²) in [5.41, 5.74) is 5.48. The van der Waals surface area contributed by atoms with Crippen LogP contribution in [0.3, 0.4) is 0 Å². The molecule has 0 spiro atoms. The van der Waals surface area contributed by atoms with E-state index in [1.807, 2.05) is 0 Å². The fraction of sp³-hybridized carbons (Fsp3) is 0.462. The van der Waals surface area contributed by atoms with Crippen LogP contribution in [0.4, 0.5) is 0 Å². The molecule has 0 saturated heterocycles. The molecule has 0 aliphatic heterocycles. The van der Waals surface area contributed by atoms with Gasteiger partial charge in [0, 0.05) is 11.4 Å². The standard InChI is InChI=1S/C13H18BrNO3/c14-6-2-1-3-7-18-10-4-5-11(12(16)8-10)13(17)9-15/h4-5,8,16H,1-3,6-7,9,15H2. The van der Waals surface area contributed by atoms with E-state index in [1.54, 1.807) is 12.1 Å². The molecule has 0 aliphatic carbocycles. The van der Waals surface area contributed by atoms with E-state index in [9.17, 15) is 9.90 Å². The number of nitrogens with two attached hydrogens (primary N) is 1. The summed E-state index contributed by atoms with van der Waals surface area (Å²) in [5.74, 6) is 0.208. The van der Waals surface area contributed by atoms with E-state index in [0.717, 1.165) is 24.6 Å². The zero-order chi connectivity index (χ0) is 13.4. The molecule has 0 aliphatic rings. The first-order valence-corrected chi connectivity index (χ1v) is 7.06. The Morgan fingerprint density at radius 1 is 1.33 bits per heavy atom. The summed E-state index contributed by atoms with van der Waals surface area (Å²) in [6.07, 6.45) is 3.19. The number of ketones is 1. The van der Waals surface area contributed by atoms with Gasteiger partial charge in [-0.15, -0.1) is 0 Å². The van der Waals surface area contributed by atoms with Gasteiger partial charge in [-0.1, -0.05) is 15.9 Å². The van der Waals surface area contributed by atoms with Gasteiger partial charge in [-0.2, -0.15) is 0 Å². The van der Waals surface area contributed by atoms with Crippen LogP contribution in [0.25, 0.3) is 0 Å². The lowest BCUT2D eigenvalue weighted by Crippen LogP contribution is -2.13. The number of hydrogen-bond donors (Lipinski definition) is 2. The van der Waals surface area contributed by atoms with Gasteiger partial charge in [0.05, 0.1) is 18.7 Å². The fourth-order valence-electron chi connectivity index (χ4n) is 1.51. The molecule has 4 nitrogen and oxygen atoms in total. The Hall–Kier alpha value is -1.07. The number of aromatic hydroxyl groups is 1. The molecule has 0 saturated carbocycles. The molecule has 0 aromatic heterocycles. The van der Waals surface area contributed by atoms with Gasteiger partial charge in [0.1, 0.15) is 11.5 Å². The zero-order valence-electron chi connectivity index (χ0n) is 10.2. The summed E-state index contributed by atoms with van der Waals surface area (Å²) < 4.78 is 5.48. The summed E-state index contributed by atoms with van der Waals surface area (Å²) in [5, 5.41) is 10.7. The minimum absolute atomic E-state index is 0.0802. The third kappa shape index (κ3) is 4.66. The van der Waals surface area contributed by atoms with E-state index >= 15 is 0 Å². The summed E-state index contributed by atoms with van der Waals surface area (Å²) in [4.78, 5) is 11.3. The van der Waals surface area contributed by atoms with Crippen LogP contribution in [0, 0.1) is 0 Å². The predicted octanol–water partition coefficient (Wildman–Crippen LogP) is 2.48. The Kier molecular flexibility index (Phi) is 6.75. The predicted molar refractivity (Wildman–Crippen MR) is 74.6 cm³/mol. The van der Waals surface area contributed by atoms with Crippen molar-refractivity contribution < 1.29 is 14.6 Å². The van der Waals surface area contributed by atoms with Gasteiger partial charge < -0.3 is 15.6 Å². The maximum atomic E-state index is 11.3. The summed E-state index contributed by atoms with van der Waals surface area (Å²) in [7, 11) is 0. The van der Waals surface area contributed by atoms with Gasteiger partial charge in [0.25, 0.3) is 0 Å². The van der Waals surface area contributed by atoms with E-state index in [2.05, 4.69) is 15.9 Å². The second kappa shape index (κ2) is 8.11. The maximum Gasteiger partial charge on any atom is 0.180 e. The number of alkyl halides is 1. The van der Waals surface area contributed by atoms with Crippen molar-refractivity contribution in [1.82, 2.24) is 0 Å². The molecule has 0 radical (unpaired) electrons. The number of rotatable bonds is 8. The molecule has 1 aromatic carbocycles. The van der Waals surface area contributed by atoms with E-state index in [0.29, 0.717) is 12.4 Å². The number of hydrogen-bond acceptors (Lipinski definition) is 4. The molecule has 3 N–H and O–H groups in total. The highest BCUT2D eigenvalue weighted by molar-refractivity contribution is 9.09. The van der Waals surface area contributed by atoms with Crippen LogP contribution < -0.4 is 10.5 Å². The molecule has 0 heterocycles. The molecule has 5 heteroatoms. The Bertz CT molecular complexity index is 396. The monoisotopic (exact) mass is 315 g/mol. The number of Topliss-reactive ketones (excluding diaryl/α,β-unsaturated/α-hetero) is 1. The van der Waals surface area contributed by atoms with Crippen molar-refractivity contribution in [2.45, 2.75) is 19.3 Å². The SMILES string of the molecule is NCC(=O)c1ccc(OCCCCCBr)cc1O. The van der Waals surface area contributed by atoms with E-state index < -0.39 is 0 Å². The van der Waals surface area contributed by atoms with Crippen LogP contribution >= 0.6 is 15.9 Å². The second-order valence-electron chi connectivity index (χ2n) is 3.90. The lowest BCUT2D eigenvalue weighted by atomic mass is 10.1. The average Bonchev–Trinajstić information content (AvgIpc) is 2.38. The fourth-order valence-corrected chi connectivity index (χ4v) is 1.91. The molecule has 100 valence electrons. The Morgan fingerprint density at radius 2 is 2.11 bits per heavy atom. The van der Waals surface area contributed by atoms with Crippen molar-refractivity contribution in [3.05, 3.63) is 23.8 Å². The van der Waals surface area contributed by atoms with Crippen molar-refractivity contribution in [3.8, 4) is 11.5 Å². The van der Waals surface area contributed by atoms with Crippen LogP contribution in [-0.4, -0.2) is 29.4 Å². The number of phenols is 1.